The van der Waals surface area contributed by atoms with Crippen LogP contribution in [-0.2, 0) is 9.59 Å². The number of aliphatic carboxylic acids is 1. The minimum Gasteiger partial charge on any atom is -0.481 e. The van der Waals surface area contributed by atoms with Gasteiger partial charge in [0.25, 0.3) is 5.91 Å². The van der Waals surface area contributed by atoms with Crippen LogP contribution in [0.15, 0.2) is 29.8 Å². The monoisotopic (exact) mass is 342 g/mol. The summed E-state index contributed by atoms with van der Waals surface area (Å²) in [6.45, 7) is 1.62. The van der Waals surface area contributed by atoms with Gasteiger partial charge in [0, 0.05) is 11.6 Å². The molecule has 0 radical (unpaired) electrons. The summed E-state index contributed by atoms with van der Waals surface area (Å²) in [6, 6.07) is 8.71. The Morgan fingerprint density at radius 1 is 1.36 bits per heavy atom. The van der Waals surface area contributed by atoms with Crippen molar-refractivity contribution in [2.24, 2.45) is 5.92 Å². The molecule has 0 heterocycles. The Morgan fingerprint density at radius 3 is 2.76 bits per heavy atom. The van der Waals surface area contributed by atoms with E-state index < -0.39 is 18.5 Å². The lowest BCUT2D eigenvalue weighted by Gasteiger charge is -2.29. The van der Waals surface area contributed by atoms with Crippen LogP contribution in [0, 0.1) is 17.2 Å². The molecule has 0 saturated heterocycles. The van der Waals surface area contributed by atoms with Crippen LogP contribution in [0.4, 0.5) is 0 Å². The molecule has 0 spiro atoms. The highest BCUT2D eigenvalue weighted by atomic mass is 16.5. The average molecular weight is 342 g/mol. The van der Waals surface area contributed by atoms with Crippen molar-refractivity contribution < 1.29 is 19.4 Å². The Morgan fingerprint density at radius 2 is 2.08 bits per heavy atom. The fraction of sp³-hybridized carbons (Fsp3) is 0.421. The van der Waals surface area contributed by atoms with E-state index in [2.05, 4.69) is 12.2 Å². The highest BCUT2D eigenvalue weighted by Crippen LogP contribution is 2.25. The van der Waals surface area contributed by atoms with Crippen LogP contribution in [0.25, 0.3) is 6.08 Å². The third-order valence-electron chi connectivity index (χ3n) is 4.36. The molecule has 132 valence electrons. The highest BCUT2D eigenvalue weighted by molar-refractivity contribution is 6.02. The Hall–Kier alpha value is -2.81. The van der Waals surface area contributed by atoms with Crippen molar-refractivity contribution in [1.29, 1.82) is 5.26 Å². The van der Waals surface area contributed by atoms with Crippen molar-refractivity contribution in [3.05, 3.63) is 35.4 Å². The van der Waals surface area contributed by atoms with E-state index in [4.69, 9.17) is 9.84 Å². The van der Waals surface area contributed by atoms with Crippen molar-refractivity contribution >= 4 is 18.0 Å². The van der Waals surface area contributed by atoms with E-state index in [0.29, 0.717) is 17.2 Å². The largest absolute Gasteiger partial charge is 0.481 e. The van der Waals surface area contributed by atoms with Crippen LogP contribution >= 0.6 is 0 Å². The molecule has 1 aliphatic rings. The number of para-hydroxylation sites is 1. The summed E-state index contributed by atoms with van der Waals surface area (Å²) in [5.74, 6) is -0.794. The van der Waals surface area contributed by atoms with E-state index >= 15 is 0 Å². The van der Waals surface area contributed by atoms with Gasteiger partial charge in [-0.1, -0.05) is 38.0 Å². The fourth-order valence-corrected chi connectivity index (χ4v) is 2.95. The Labute approximate surface area is 147 Å². The summed E-state index contributed by atoms with van der Waals surface area (Å²) in [4.78, 5) is 23.1. The van der Waals surface area contributed by atoms with Crippen LogP contribution in [0.2, 0.25) is 0 Å². The molecular formula is C19H22N2O4. The number of benzene rings is 1. The van der Waals surface area contributed by atoms with E-state index in [1.54, 1.807) is 24.3 Å². The zero-order valence-electron chi connectivity index (χ0n) is 14.2. The van der Waals surface area contributed by atoms with Crippen molar-refractivity contribution in [3.8, 4) is 11.8 Å². The van der Waals surface area contributed by atoms with Crippen LogP contribution < -0.4 is 10.1 Å². The molecule has 1 saturated carbocycles. The van der Waals surface area contributed by atoms with Crippen molar-refractivity contribution in [1.82, 2.24) is 5.32 Å². The minimum absolute atomic E-state index is 0.0239. The number of carbonyl (C=O) groups excluding carboxylic acids is 1. The number of ether oxygens (including phenoxy) is 1. The first-order valence-corrected chi connectivity index (χ1v) is 8.37. The molecule has 0 bridgehead atoms. The van der Waals surface area contributed by atoms with Crippen molar-refractivity contribution in [2.45, 2.75) is 38.6 Å². The summed E-state index contributed by atoms with van der Waals surface area (Å²) >= 11 is 0. The van der Waals surface area contributed by atoms with Gasteiger partial charge in [-0.2, -0.15) is 5.26 Å². The number of nitriles is 1. The van der Waals surface area contributed by atoms with Gasteiger partial charge in [-0.25, -0.2) is 4.79 Å². The molecule has 1 amide bonds. The lowest BCUT2D eigenvalue weighted by atomic mass is 9.86. The SMILES string of the molecule is C[C@@H]1CCCC[C@H]1NC(=O)/C(C#N)=C/c1ccccc1OCC(=O)O. The van der Waals surface area contributed by atoms with E-state index in [1.165, 1.54) is 12.5 Å². The average Bonchev–Trinajstić information content (AvgIpc) is 2.60. The fourth-order valence-electron chi connectivity index (χ4n) is 2.95. The number of carboxylic acids is 1. The van der Waals surface area contributed by atoms with Gasteiger partial charge in [-0.3, -0.25) is 4.79 Å². The number of nitrogens with one attached hydrogen (secondary N) is 1. The smallest absolute Gasteiger partial charge is 0.341 e. The first kappa shape index (κ1) is 18.5. The van der Waals surface area contributed by atoms with Gasteiger partial charge in [-0.05, 0) is 30.9 Å². The molecule has 2 rings (SSSR count). The summed E-state index contributed by atoms with van der Waals surface area (Å²) in [7, 11) is 0. The third-order valence-corrected chi connectivity index (χ3v) is 4.36. The number of nitrogens with zero attached hydrogens (tertiary/aromatic N) is 1. The number of carboxylic acid groups (broad SMARTS) is 1. The second-order valence-electron chi connectivity index (χ2n) is 6.23. The molecule has 6 heteroatoms. The van der Waals surface area contributed by atoms with E-state index in [9.17, 15) is 14.9 Å². The Bertz CT molecular complexity index is 706. The number of amides is 1. The van der Waals surface area contributed by atoms with Gasteiger partial charge >= 0.3 is 5.97 Å². The summed E-state index contributed by atoms with van der Waals surface area (Å²) in [5, 5.41) is 21.0. The van der Waals surface area contributed by atoms with Crippen LogP contribution in [0.5, 0.6) is 5.75 Å². The maximum absolute atomic E-state index is 12.4. The van der Waals surface area contributed by atoms with Gasteiger partial charge in [0.2, 0.25) is 0 Å². The summed E-state index contributed by atoms with van der Waals surface area (Å²) < 4.78 is 5.21. The second-order valence-corrected chi connectivity index (χ2v) is 6.23. The molecule has 0 aliphatic heterocycles. The molecule has 1 aromatic rings. The van der Waals surface area contributed by atoms with Gasteiger partial charge in [0.1, 0.15) is 17.4 Å². The van der Waals surface area contributed by atoms with Gasteiger partial charge < -0.3 is 15.2 Å². The van der Waals surface area contributed by atoms with Crippen molar-refractivity contribution in [2.75, 3.05) is 6.61 Å². The van der Waals surface area contributed by atoms with Crippen molar-refractivity contribution in [3.63, 3.8) is 0 Å². The number of carbonyl (C=O) groups is 2. The van der Waals surface area contributed by atoms with Crippen LogP contribution in [0.3, 0.4) is 0 Å². The first-order chi connectivity index (χ1) is 12.0. The highest BCUT2D eigenvalue weighted by Gasteiger charge is 2.24. The van der Waals surface area contributed by atoms with E-state index in [1.807, 2.05) is 6.07 Å². The normalized spacial score (nSPS) is 20.4. The molecule has 2 N–H and O–H groups in total. The Kier molecular flexibility index (Phi) is 6.58. The lowest BCUT2D eigenvalue weighted by molar-refractivity contribution is -0.139. The van der Waals surface area contributed by atoms with Crippen LogP contribution in [-0.4, -0.2) is 29.6 Å². The number of rotatable bonds is 6. The molecule has 6 nitrogen and oxygen atoms in total. The Balaban J connectivity index is 2.15. The second kappa shape index (κ2) is 8.88. The lowest BCUT2D eigenvalue weighted by Crippen LogP contribution is -2.41. The predicted octanol–water partition coefficient (Wildman–Crippen LogP) is 2.75. The third kappa shape index (κ3) is 5.35. The maximum atomic E-state index is 12.4. The molecule has 1 fully saturated rings. The predicted molar refractivity (Wildman–Crippen MR) is 92.7 cm³/mol. The van der Waals surface area contributed by atoms with Gasteiger partial charge in [0.15, 0.2) is 6.61 Å². The summed E-state index contributed by atoms with van der Waals surface area (Å²) in [5.41, 5.74) is 0.469. The number of hydrogen-bond donors (Lipinski definition) is 2. The maximum Gasteiger partial charge on any atom is 0.341 e. The quantitative estimate of drug-likeness (QED) is 0.612. The molecule has 1 aromatic carbocycles. The summed E-state index contributed by atoms with van der Waals surface area (Å²) in [6.07, 6.45) is 5.67. The first-order valence-electron chi connectivity index (χ1n) is 8.37. The molecule has 0 unspecified atom stereocenters. The molecular weight excluding hydrogens is 320 g/mol. The molecule has 1 aliphatic carbocycles. The topological polar surface area (TPSA) is 99.4 Å². The van der Waals surface area contributed by atoms with Crippen LogP contribution in [0.1, 0.15) is 38.2 Å². The minimum atomic E-state index is -1.09. The standard InChI is InChI=1S/C19H22N2O4/c1-13-6-2-4-8-16(13)21-19(24)15(11-20)10-14-7-3-5-9-17(14)25-12-18(22)23/h3,5,7,9-10,13,16H,2,4,6,8,12H2,1H3,(H,21,24)(H,22,23)/b15-10+/t13-,16-/m1/s1. The molecule has 25 heavy (non-hydrogen) atoms. The molecule has 2 atom stereocenters. The van der Waals surface area contributed by atoms with E-state index in [-0.39, 0.29) is 11.6 Å². The number of hydrogen-bond acceptors (Lipinski definition) is 4. The van der Waals surface area contributed by atoms with Gasteiger partial charge in [-0.15, -0.1) is 0 Å². The van der Waals surface area contributed by atoms with Gasteiger partial charge in [0.05, 0.1) is 0 Å². The zero-order chi connectivity index (χ0) is 18.2. The zero-order valence-corrected chi connectivity index (χ0v) is 14.2. The molecule has 0 aromatic heterocycles. The van der Waals surface area contributed by atoms with E-state index in [0.717, 1.165) is 19.3 Å².